The van der Waals surface area contributed by atoms with E-state index in [1.807, 2.05) is 108 Å². The lowest BCUT2D eigenvalue weighted by Crippen LogP contribution is -2.60. The molecule has 3 aliphatic heterocycles. The minimum absolute atomic E-state index is 0.306. The second-order valence-electron chi connectivity index (χ2n) is 16.1. The molecule has 0 saturated carbocycles. The molecule has 9 heterocycles. The lowest BCUT2D eigenvalue weighted by molar-refractivity contribution is -0.671. The fourth-order valence-corrected chi connectivity index (χ4v) is 8.47. The number of hydrogen-bond donors (Lipinski definition) is 6. The Labute approximate surface area is 362 Å². The van der Waals surface area contributed by atoms with Gasteiger partial charge in [-0.15, -0.1) is 0 Å². The van der Waals surface area contributed by atoms with Crippen LogP contribution in [0.2, 0.25) is 0 Å². The Morgan fingerprint density at radius 3 is 1.40 bits per heavy atom. The second kappa shape index (κ2) is 16.3. The van der Waals surface area contributed by atoms with Crippen molar-refractivity contribution < 1.29 is 43.6 Å². The molecule has 6 N–H and O–H groups in total. The molecule has 1 aromatic carbocycles. The van der Waals surface area contributed by atoms with Crippen LogP contribution in [0.5, 0.6) is 5.75 Å². The Kier molecular flexibility index (Phi) is 10.3. The van der Waals surface area contributed by atoms with Crippen molar-refractivity contribution in [3.05, 3.63) is 145 Å². The number of benzene rings is 1. The van der Waals surface area contributed by atoms with Crippen molar-refractivity contribution in [2.75, 3.05) is 6.61 Å². The van der Waals surface area contributed by atoms with Crippen LogP contribution in [0, 0.1) is 0 Å². The Morgan fingerprint density at radius 1 is 0.524 bits per heavy atom. The van der Waals surface area contributed by atoms with E-state index >= 15 is 0 Å². The predicted molar refractivity (Wildman–Crippen MR) is 239 cm³/mol. The summed E-state index contributed by atoms with van der Waals surface area (Å²) >= 11 is 0. The molecular formula is C50H46N7O6+3. The largest absolute Gasteiger partial charge is 0.461 e. The molecule has 0 unspecified atom stereocenters. The van der Waals surface area contributed by atoms with Crippen molar-refractivity contribution in [3.63, 3.8) is 0 Å². The van der Waals surface area contributed by atoms with Gasteiger partial charge in [0, 0.05) is 86.3 Å². The van der Waals surface area contributed by atoms with Crippen LogP contribution in [0.4, 0.5) is 0 Å². The van der Waals surface area contributed by atoms with Gasteiger partial charge in [-0.1, -0.05) is 18.2 Å². The first-order chi connectivity index (χ1) is 30.6. The maximum atomic E-state index is 11.0. The molecule has 1 saturated heterocycles. The van der Waals surface area contributed by atoms with Crippen LogP contribution in [0.3, 0.4) is 0 Å². The second-order valence-corrected chi connectivity index (χ2v) is 16.1. The highest BCUT2D eigenvalue weighted by molar-refractivity contribution is 6.00. The van der Waals surface area contributed by atoms with Crippen molar-refractivity contribution in [3.8, 4) is 50.3 Å². The quantitative estimate of drug-likeness (QED) is 0.122. The molecule has 3 aliphatic rings. The van der Waals surface area contributed by atoms with Crippen LogP contribution in [-0.4, -0.2) is 77.7 Å². The van der Waals surface area contributed by atoms with Gasteiger partial charge < -0.3 is 39.9 Å². The molecular weight excluding hydrogens is 795 g/mol. The van der Waals surface area contributed by atoms with Crippen molar-refractivity contribution in [1.82, 2.24) is 19.9 Å². The SMILES string of the molecule is C[n+]1ccc(-c2c3nc(c(-c4ccccc4O[C@@H]4O[C@H](CO)[C@@H](O)[C@H](O)[C@H]4O)c4nc(c(-c5cc[n+](C)cc5)c5ccc([nH]5)c(-c5cc[n+](C)cc5)c5ccc2[nH]5)C=C4)C=C3)cc1. The van der Waals surface area contributed by atoms with E-state index in [9.17, 15) is 20.4 Å². The molecule has 1 fully saturated rings. The number of para-hydroxylation sites is 1. The number of fused-ring (bicyclic) bond motifs is 8. The normalized spacial score (nSPS) is 19.4. The number of aromatic nitrogens is 7. The van der Waals surface area contributed by atoms with E-state index in [1.54, 1.807) is 12.1 Å². The molecule has 10 rings (SSSR count). The molecule has 13 heteroatoms. The van der Waals surface area contributed by atoms with Gasteiger partial charge in [0.2, 0.25) is 6.29 Å². The highest BCUT2D eigenvalue weighted by atomic mass is 16.7. The van der Waals surface area contributed by atoms with Gasteiger partial charge in [0.05, 0.1) is 29.4 Å². The zero-order valence-corrected chi connectivity index (χ0v) is 34.8. The highest BCUT2D eigenvalue weighted by Crippen LogP contribution is 2.41. The van der Waals surface area contributed by atoms with Crippen molar-refractivity contribution in [1.29, 1.82) is 0 Å². The van der Waals surface area contributed by atoms with Gasteiger partial charge in [-0.3, -0.25) is 0 Å². The zero-order chi connectivity index (χ0) is 43.4. The van der Waals surface area contributed by atoms with E-state index in [0.29, 0.717) is 28.3 Å². The van der Waals surface area contributed by atoms with Crippen LogP contribution < -0.4 is 18.4 Å². The maximum Gasteiger partial charge on any atom is 0.229 e. The van der Waals surface area contributed by atoms with E-state index in [1.165, 1.54) is 0 Å². The van der Waals surface area contributed by atoms with Crippen LogP contribution in [-0.2, 0) is 25.9 Å². The minimum Gasteiger partial charge on any atom is -0.461 e. The predicted octanol–water partition coefficient (Wildman–Crippen LogP) is 4.98. The van der Waals surface area contributed by atoms with E-state index in [2.05, 4.69) is 70.6 Å². The monoisotopic (exact) mass is 840 g/mol. The van der Waals surface area contributed by atoms with Crippen LogP contribution in [0.15, 0.2) is 122 Å². The lowest BCUT2D eigenvalue weighted by atomic mass is 9.99. The summed E-state index contributed by atoms with van der Waals surface area (Å²) in [5.74, 6) is 0.306. The fraction of sp³-hybridized carbons (Fsp3) is 0.180. The summed E-state index contributed by atoms with van der Waals surface area (Å²) in [7, 11) is 5.97. The molecule has 6 aromatic heterocycles. The van der Waals surface area contributed by atoms with Gasteiger partial charge in [0.15, 0.2) is 37.2 Å². The third-order valence-corrected chi connectivity index (χ3v) is 11.8. The molecule has 0 amide bonds. The van der Waals surface area contributed by atoms with Crippen molar-refractivity contribution in [2.45, 2.75) is 30.7 Å². The van der Waals surface area contributed by atoms with E-state index in [4.69, 9.17) is 19.4 Å². The van der Waals surface area contributed by atoms with Gasteiger partial charge in [-0.05, 0) is 71.3 Å². The van der Waals surface area contributed by atoms with Crippen LogP contribution >= 0.6 is 0 Å². The van der Waals surface area contributed by atoms with Crippen molar-refractivity contribution >= 4 is 46.4 Å². The summed E-state index contributed by atoms with van der Waals surface area (Å²) in [6, 6.07) is 28.2. The lowest BCUT2D eigenvalue weighted by Gasteiger charge is -2.39. The Balaban J connectivity index is 1.30. The number of aryl methyl sites for hydroxylation is 3. The number of ether oxygens (including phenoxy) is 2. The Bertz CT molecular complexity index is 2960. The van der Waals surface area contributed by atoms with Crippen LogP contribution in [0.25, 0.3) is 90.9 Å². The number of aliphatic hydroxyl groups excluding tert-OH is 4. The number of aromatic amines is 2. The standard InChI is InChI=1S/C50H45N7O6/c1-55-22-16-29(17-23-55)43-33-8-10-35(51-33)44(30-18-24-56(2)25-19-30)37-12-14-39(53-37)46(32-6-4-5-7-41(32)62-50-49(61)48(60)47(59)42(28-58)63-50)40-15-13-38(54-40)45(36-11-9-34(43)52-36)31-20-26-57(3)27-21-31/h4-27,42,47-50,58-61H,28H2,1-3H3,(H,51,52,53,54)/q+2/p+1/t42-,47-,48+,49-,50-/m1/s1. The van der Waals surface area contributed by atoms with Gasteiger partial charge >= 0.3 is 0 Å². The molecule has 314 valence electrons. The summed E-state index contributed by atoms with van der Waals surface area (Å²) < 4.78 is 18.2. The van der Waals surface area contributed by atoms with E-state index in [-0.39, 0.29) is 0 Å². The van der Waals surface area contributed by atoms with Gasteiger partial charge in [-0.25, -0.2) is 23.7 Å². The van der Waals surface area contributed by atoms with Gasteiger partial charge in [-0.2, -0.15) is 0 Å². The number of rotatable bonds is 7. The van der Waals surface area contributed by atoms with Gasteiger partial charge in [0.1, 0.15) is 51.3 Å². The Hall–Kier alpha value is -7.13. The number of aliphatic hydroxyl groups is 4. The number of hydrogen-bond acceptors (Lipinski definition) is 8. The molecule has 13 nitrogen and oxygen atoms in total. The third kappa shape index (κ3) is 7.41. The number of H-pyrrole nitrogens is 2. The summed E-state index contributed by atoms with van der Waals surface area (Å²) in [4.78, 5) is 18.3. The summed E-state index contributed by atoms with van der Waals surface area (Å²) in [5.41, 5.74) is 13.2. The fourth-order valence-electron chi connectivity index (χ4n) is 8.47. The van der Waals surface area contributed by atoms with Gasteiger partial charge in [0.25, 0.3) is 0 Å². The summed E-state index contributed by atoms with van der Waals surface area (Å²) in [6.07, 6.45) is 12.8. The van der Waals surface area contributed by atoms with E-state index in [0.717, 1.165) is 66.8 Å². The summed E-state index contributed by atoms with van der Waals surface area (Å²) in [6.45, 7) is -0.587. The molecule has 0 radical (unpaired) electrons. The molecule has 0 aliphatic carbocycles. The first-order valence-corrected chi connectivity index (χ1v) is 20.7. The smallest absolute Gasteiger partial charge is 0.229 e. The average Bonchev–Trinajstić information content (AvgIpc) is 4.15. The zero-order valence-electron chi connectivity index (χ0n) is 34.8. The molecule has 63 heavy (non-hydrogen) atoms. The Morgan fingerprint density at radius 2 is 0.937 bits per heavy atom. The highest BCUT2D eigenvalue weighted by Gasteiger charge is 2.45. The number of nitrogens with zero attached hydrogens (tertiary/aromatic N) is 5. The topological polar surface area (TPSA) is 168 Å². The van der Waals surface area contributed by atoms with E-state index < -0.39 is 37.3 Å². The number of nitrogens with one attached hydrogen (secondary N) is 2. The molecule has 5 atom stereocenters. The minimum atomic E-state index is -1.61. The third-order valence-electron chi connectivity index (χ3n) is 11.8. The van der Waals surface area contributed by atoms with Crippen LogP contribution in [0.1, 0.15) is 22.8 Å². The average molecular weight is 841 g/mol. The van der Waals surface area contributed by atoms with Crippen molar-refractivity contribution in [2.24, 2.45) is 21.1 Å². The number of pyridine rings is 3. The first-order valence-electron chi connectivity index (χ1n) is 20.7. The maximum absolute atomic E-state index is 11.0. The molecule has 7 aromatic rings. The summed E-state index contributed by atoms with van der Waals surface area (Å²) in [5, 5.41) is 42.1. The molecule has 8 bridgehead atoms. The first kappa shape index (κ1) is 40.0. The molecule has 0 spiro atoms.